The van der Waals surface area contributed by atoms with Crippen LogP contribution in [0.2, 0.25) is 0 Å². The summed E-state index contributed by atoms with van der Waals surface area (Å²) in [5.74, 6) is 0.488. The summed E-state index contributed by atoms with van der Waals surface area (Å²) in [6.07, 6.45) is 2.29. The van der Waals surface area contributed by atoms with Crippen molar-refractivity contribution in [2.45, 2.75) is 33.6 Å². The number of amides is 1. The highest BCUT2D eigenvalue weighted by molar-refractivity contribution is 5.96. The van der Waals surface area contributed by atoms with Gasteiger partial charge in [-0.05, 0) is 43.2 Å². The van der Waals surface area contributed by atoms with Gasteiger partial charge in [0, 0.05) is 37.0 Å². The average molecular weight is 377 g/mol. The molecule has 0 aliphatic rings. The predicted molar refractivity (Wildman–Crippen MR) is 107 cm³/mol. The summed E-state index contributed by atoms with van der Waals surface area (Å²) < 4.78 is 5.09. The zero-order valence-corrected chi connectivity index (χ0v) is 16.5. The molecule has 2 aromatic heterocycles. The average Bonchev–Trinajstić information content (AvgIpc) is 3.11. The number of benzene rings is 1. The molecule has 0 fully saturated rings. The van der Waals surface area contributed by atoms with Crippen LogP contribution in [-0.4, -0.2) is 28.9 Å². The molecule has 0 radical (unpaired) electrons. The van der Waals surface area contributed by atoms with Crippen molar-refractivity contribution in [2.75, 3.05) is 11.9 Å². The predicted octanol–water partition coefficient (Wildman–Crippen LogP) is 4.15. The van der Waals surface area contributed by atoms with Crippen LogP contribution in [0.1, 0.15) is 40.9 Å². The molecule has 1 amide bonds. The van der Waals surface area contributed by atoms with Crippen LogP contribution in [0.5, 0.6) is 0 Å². The molecular formula is C22H23N3O3. The van der Waals surface area contributed by atoms with Crippen LogP contribution in [0.15, 0.2) is 47.1 Å². The van der Waals surface area contributed by atoms with E-state index in [0.29, 0.717) is 17.9 Å². The summed E-state index contributed by atoms with van der Waals surface area (Å²) in [6, 6.07) is 11.3. The number of nitrogens with zero attached hydrogens (tertiary/aromatic N) is 3. The Morgan fingerprint density at radius 2 is 1.82 bits per heavy atom. The van der Waals surface area contributed by atoms with E-state index < -0.39 is 0 Å². The van der Waals surface area contributed by atoms with Gasteiger partial charge in [-0.25, -0.2) is 0 Å². The molecule has 0 aliphatic heterocycles. The summed E-state index contributed by atoms with van der Waals surface area (Å²) in [7, 11) is 1.78. The number of carbonyl (C=O) groups is 2. The van der Waals surface area contributed by atoms with Gasteiger partial charge in [-0.2, -0.15) is 0 Å². The van der Waals surface area contributed by atoms with E-state index in [2.05, 4.69) is 10.1 Å². The van der Waals surface area contributed by atoms with E-state index in [0.717, 1.165) is 28.1 Å². The van der Waals surface area contributed by atoms with Gasteiger partial charge in [-0.15, -0.1) is 0 Å². The fourth-order valence-corrected chi connectivity index (χ4v) is 3.06. The normalized spacial score (nSPS) is 10.7. The van der Waals surface area contributed by atoms with Crippen molar-refractivity contribution in [3.05, 3.63) is 65.3 Å². The number of carbonyl (C=O) groups excluding carboxylic acids is 2. The Morgan fingerprint density at radius 3 is 2.39 bits per heavy atom. The van der Waals surface area contributed by atoms with Gasteiger partial charge in [-0.3, -0.25) is 14.6 Å². The van der Waals surface area contributed by atoms with E-state index in [1.807, 2.05) is 45.0 Å². The van der Waals surface area contributed by atoms with Gasteiger partial charge in [0.2, 0.25) is 5.91 Å². The number of anilines is 1. The van der Waals surface area contributed by atoms with Crippen molar-refractivity contribution in [1.29, 1.82) is 0 Å². The molecule has 3 rings (SSSR count). The molecule has 0 unspecified atom stereocenters. The molecular weight excluding hydrogens is 354 g/mol. The minimum absolute atomic E-state index is 0.0716. The summed E-state index contributed by atoms with van der Waals surface area (Å²) in [5.41, 5.74) is 4.91. The molecule has 6 heteroatoms. The zero-order chi connectivity index (χ0) is 20.3. The second-order valence-corrected chi connectivity index (χ2v) is 6.77. The Morgan fingerprint density at radius 1 is 1.07 bits per heavy atom. The van der Waals surface area contributed by atoms with Gasteiger partial charge in [0.1, 0.15) is 11.5 Å². The first-order valence-electron chi connectivity index (χ1n) is 9.18. The van der Waals surface area contributed by atoms with Gasteiger partial charge in [0.15, 0.2) is 5.78 Å². The summed E-state index contributed by atoms with van der Waals surface area (Å²) in [6.45, 7) is 5.64. The van der Waals surface area contributed by atoms with E-state index in [-0.39, 0.29) is 18.1 Å². The van der Waals surface area contributed by atoms with Crippen molar-refractivity contribution in [3.63, 3.8) is 0 Å². The number of rotatable bonds is 6. The van der Waals surface area contributed by atoms with Gasteiger partial charge >= 0.3 is 0 Å². The topological polar surface area (TPSA) is 76.3 Å². The maximum Gasteiger partial charge on any atom is 0.226 e. The van der Waals surface area contributed by atoms with Crippen LogP contribution in [0.25, 0.3) is 11.1 Å². The smallest absolute Gasteiger partial charge is 0.226 e. The van der Waals surface area contributed by atoms with Crippen molar-refractivity contribution >= 4 is 17.4 Å². The first-order chi connectivity index (χ1) is 13.4. The monoisotopic (exact) mass is 377 g/mol. The number of hydrogen-bond acceptors (Lipinski definition) is 5. The number of aromatic nitrogens is 2. The summed E-state index contributed by atoms with van der Waals surface area (Å²) >= 11 is 0. The highest BCUT2D eigenvalue weighted by Crippen LogP contribution is 2.27. The van der Waals surface area contributed by atoms with Crippen LogP contribution in [0, 0.1) is 13.8 Å². The van der Waals surface area contributed by atoms with E-state index in [1.54, 1.807) is 30.3 Å². The van der Waals surface area contributed by atoms with Gasteiger partial charge < -0.3 is 9.42 Å². The maximum absolute atomic E-state index is 12.3. The molecule has 0 aliphatic carbocycles. The third kappa shape index (κ3) is 4.17. The van der Waals surface area contributed by atoms with Crippen LogP contribution < -0.4 is 4.90 Å². The lowest BCUT2D eigenvalue weighted by Crippen LogP contribution is -2.25. The zero-order valence-electron chi connectivity index (χ0n) is 16.5. The Kier molecular flexibility index (Phi) is 5.68. The molecule has 0 bridgehead atoms. The molecule has 0 N–H and O–H groups in total. The number of Topliss-reactive ketones (excluding diaryl/α,β-unsaturated/α-hetero) is 1. The maximum atomic E-state index is 12.3. The largest absolute Gasteiger partial charge is 0.361 e. The van der Waals surface area contributed by atoms with Crippen molar-refractivity contribution < 1.29 is 14.1 Å². The number of pyridine rings is 1. The molecule has 28 heavy (non-hydrogen) atoms. The molecule has 0 atom stereocenters. The first-order valence-corrected chi connectivity index (χ1v) is 9.18. The van der Waals surface area contributed by atoms with Gasteiger partial charge in [0.05, 0.1) is 12.1 Å². The molecule has 2 heterocycles. The highest BCUT2D eigenvalue weighted by Gasteiger charge is 2.14. The number of ketones is 1. The fourth-order valence-electron chi connectivity index (χ4n) is 3.06. The Labute approximate surface area is 164 Å². The van der Waals surface area contributed by atoms with Crippen LogP contribution >= 0.6 is 0 Å². The van der Waals surface area contributed by atoms with Crippen LogP contribution in [0.3, 0.4) is 0 Å². The molecule has 0 saturated carbocycles. The third-order valence-corrected chi connectivity index (χ3v) is 4.63. The molecule has 144 valence electrons. The van der Waals surface area contributed by atoms with E-state index in [4.69, 9.17) is 4.52 Å². The minimum atomic E-state index is -0.117. The van der Waals surface area contributed by atoms with Gasteiger partial charge in [0.25, 0.3) is 0 Å². The van der Waals surface area contributed by atoms with Crippen LogP contribution in [0.4, 0.5) is 5.69 Å². The lowest BCUT2D eigenvalue weighted by atomic mass is 10.0. The second kappa shape index (κ2) is 8.17. The fraction of sp³-hybridized carbons (Fsp3) is 0.273. The lowest BCUT2D eigenvalue weighted by Gasteiger charge is -2.19. The van der Waals surface area contributed by atoms with Gasteiger partial charge in [-0.1, -0.05) is 24.2 Å². The first kappa shape index (κ1) is 19.5. The molecule has 6 nitrogen and oxygen atoms in total. The Hall–Kier alpha value is -3.28. The molecule has 3 aromatic rings. The quantitative estimate of drug-likeness (QED) is 0.603. The van der Waals surface area contributed by atoms with Crippen molar-refractivity contribution in [1.82, 2.24) is 10.1 Å². The number of aryl methyl sites for hydroxylation is 2. The van der Waals surface area contributed by atoms with E-state index >= 15 is 0 Å². The Bertz CT molecular complexity index is 1010. The number of hydrogen-bond donors (Lipinski definition) is 0. The highest BCUT2D eigenvalue weighted by atomic mass is 16.5. The molecule has 0 saturated heterocycles. The lowest BCUT2D eigenvalue weighted by molar-refractivity contribution is -0.118. The SMILES string of the molecule is CCC(=O)N(C)c1ccc(-c2ccc(C(=O)Cc3cc(C)no3)nc2)cc1C. The summed E-state index contributed by atoms with van der Waals surface area (Å²) in [5, 5.41) is 3.79. The molecule has 1 aromatic carbocycles. The second-order valence-electron chi connectivity index (χ2n) is 6.77. The van der Waals surface area contributed by atoms with Crippen LogP contribution in [-0.2, 0) is 11.2 Å². The standard InChI is InChI=1S/C22H23N3O3/c1-5-22(27)25(4)20-9-7-16(10-14(20)2)17-6-8-19(23-13-17)21(26)12-18-11-15(3)24-28-18/h6-11,13H,5,12H2,1-4H3. The molecule has 0 spiro atoms. The van der Waals surface area contributed by atoms with E-state index in [9.17, 15) is 9.59 Å². The summed E-state index contributed by atoms with van der Waals surface area (Å²) in [4.78, 5) is 30.3. The third-order valence-electron chi connectivity index (χ3n) is 4.63. The minimum Gasteiger partial charge on any atom is -0.361 e. The van der Waals surface area contributed by atoms with E-state index in [1.165, 1.54) is 0 Å². The van der Waals surface area contributed by atoms with Crippen molar-refractivity contribution in [2.24, 2.45) is 0 Å². The van der Waals surface area contributed by atoms with Crippen molar-refractivity contribution in [3.8, 4) is 11.1 Å². The Balaban J connectivity index is 1.77.